The summed E-state index contributed by atoms with van der Waals surface area (Å²) < 4.78 is 56.5. The van der Waals surface area contributed by atoms with E-state index in [2.05, 4.69) is 15.0 Å². The Morgan fingerprint density at radius 3 is 2.64 bits per heavy atom. The molecule has 0 unspecified atom stereocenters. The number of fused-ring (bicyclic) bond motifs is 1. The zero-order valence-electron chi connectivity index (χ0n) is 12.8. The van der Waals surface area contributed by atoms with Gasteiger partial charge in [0.25, 0.3) is 0 Å². The lowest BCUT2D eigenvalue weighted by Crippen LogP contribution is -2.20. The number of carbonyl (C=O) groups is 1. The molecule has 1 aromatic carbocycles. The Kier molecular flexibility index (Phi) is 4.07. The number of anilines is 1. The minimum absolute atomic E-state index is 0.120. The molecule has 130 valence electrons. The number of hydrogen-bond acceptors (Lipinski definition) is 3. The summed E-state index contributed by atoms with van der Waals surface area (Å²) in [7, 11) is 0. The Morgan fingerprint density at radius 2 is 1.96 bits per heavy atom. The molecule has 0 aliphatic carbocycles. The molecule has 0 saturated carbocycles. The quantitative estimate of drug-likeness (QED) is 0.724. The smallest absolute Gasteiger partial charge is 0.385 e. The first-order valence-electron chi connectivity index (χ1n) is 7.04. The van der Waals surface area contributed by atoms with E-state index in [4.69, 9.17) is 0 Å². The molecule has 0 bridgehead atoms. The van der Waals surface area contributed by atoms with Crippen LogP contribution >= 0.6 is 0 Å². The van der Waals surface area contributed by atoms with Gasteiger partial charge in [-0.1, -0.05) is 0 Å². The molecular formula is C16H11F4N3O2. The summed E-state index contributed by atoms with van der Waals surface area (Å²) in [5.41, 5.74) is 0.343. The molecule has 0 fully saturated rings. The highest BCUT2D eigenvalue weighted by Crippen LogP contribution is 2.30. The van der Waals surface area contributed by atoms with Crippen molar-refractivity contribution in [3.8, 4) is 11.7 Å². The van der Waals surface area contributed by atoms with Crippen LogP contribution in [0.15, 0.2) is 42.6 Å². The van der Waals surface area contributed by atoms with Gasteiger partial charge >= 0.3 is 6.36 Å². The molecule has 2 heterocycles. The van der Waals surface area contributed by atoms with E-state index in [1.807, 2.05) is 0 Å². The summed E-state index contributed by atoms with van der Waals surface area (Å²) in [6.45, 7) is 1.15. The monoisotopic (exact) mass is 353 g/mol. The van der Waals surface area contributed by atoms with E-state index in [1.165, 1.54) is 34.9 Å². The molecule has 3 aromatic rings. The molecular weight excluding hydrogens is 342 g/mol. The number of hydrogen-bond donors (Lipinski definition) is 1. The predicted molar refractivity (Wildman–Crippen MR) is 82.0 cm³/mol. The predicted octanol–water partition coefficient (Wildman–Crippen LogP) is 4.02. The Morgan fingerprint density at radius 1 is 1.20 bits per heavy atom. The molecule has 0 saturated heterocycles. The summed E-state index contributed by atoms with van der Waals surface area (Å²) in [6, 6.07) is 8.28. The Balaban J connectivity index is 2.09. The Hall–Kier alpha value is -3.10. The zero-order chi connectivity index (χ0) is 18.2. The summed E-state index contributed by atoms with van der Waals surface area (Å²) >= 11 is 0. The van der Waals surface area contributed by atoms with Crippen molar-refractivity contribution in [1.29, 1.82) is 0 Å². The second-order valence-corrected chi connectivity index (χ2v) is 5.14. The first-order chi connectivity index (χ1) is 11.7. The first-order valence-corrected chi connectivity index (χ1v) is 7.04. The van der Waals surface area contributed by atoms with Crippen LogP contribution in [0.25, 0.3) is 16.7 Å². The van der Waals surface area contributed by atoms with E-state index in [9.17, 15) is 22.4 Å². The number of amides is 1. The maximum absolute atomic E-state index is 13.3. The number of ether oxygens (including phenoxy) is 1. The minimum Gasteiger partial charge on any atom is -0.385 e. The molecule has 0 aliphatic rings. The summed E-state index contributed by atoms with van der Waals surface area (Å²) in [4.78, 5) is 15.0. The van der Waals surface area contributed by atoms with Crippen LogP contribution < -0.4 is 10.1 Å². The highest BCUT2D eigenvalue weighted by atomic mass is 19.4. The molecule has 3 rings (SSSR count). The van der Waals surface area contributed by atoms with Crippen molar-refractivity contribution in [2.24, 2.45) is 0 Å². The van der Waals surface area contributed by atoms with Crippen LogP contribution in [0, 0.1) is 5.82 Å². The van der Waals surface area contributed by atoms with Gasteiger partial charge < -0.3 is 14.6 Å². The molecule has 0 atom stereocenters. The number of benzene rings is 1. The fourth-order valence-corrected chi connectivity index (χ4v) is 2.35. The van der Waals surface area contributed by atoms with Crippen LogP contribution in [0.3, 0.4) is 0 Å². The highest BCUT2D eigenvalue weighted by Gasteiger charge is 2.33. The van der Waals surface area contributed by atoms with E-state index in [-0.39, 0.29) is 11.5 Å². The van der Waals surface area contributed by atoms with Crippen molar-refractivity contribution in [3.63, 3.8) is 0 Å². The van der Waals surface area contributed by atoms with Crippen LogP contribution in [-0.2, 0) is 4.79 Å². The lowest BCUT2D eigenvalue weighted by atomic mass is 10.2. The van der Waals surface area contributed by atoms with Gasteiger partial charge in [-0.15, -0.1) is 13.2 Å². The van der Waals surface area contributed by atoms with Gasteiger partial charge in [-0.3, -0.25) is 4.79 Å². The average molecular weight is 353 g/mol. The molecule has 0 aliphatic heterocycles. The van der Waals surface area contributed by atoms with E-state index in [0.717, 1.165) is 6.92 Å². The molecule has 1 amide bonds. The molecule has 25 heavy (non-hydrogen) atoms. The normalized spacial score (nSPS) is 11.6. The lowest BCUT2D eigenvalue weighted by molar-refractivity contribution is -0.275. The van der Waals surface area contributed by atoms with Crippen LogP contribution in [0.5, 0.6) is 5.88 Å². The number of carbonyl (C=O) groups excluding carboxylic acids is 1. The molecule has 5 nitrogen and oxygen atoms in total. The van der Waals surface area contributed by atoms with Gasteiger partial charge in [-0.2, -0.15) is 4.98 Å². The summed E-state index contributed by atoms with van der Waals surface area (Å²) in [5.74, 6) is -1.66. The standard InChI is InChI=1S/C16H11F4N3O2/c1-9(24)21-12-3-5-14(22-15(12)25-16(18,19)20)23-7-6-10-8-11(17)2-4-13(10)23/h2-8H,1H3,(H,21,24). The number of halogens is 4. The van der Waals surface area contributed by atoms with Crippen molar-refractivity contribution in [2.75, 3.05) is 5.32 Å². The third-order valence-electron chi connectivity index (χ3n) is 3.27. The molecule has 0 radical (unpaired) electrons. The Labute approximate surface area is 138 Å². The molecule has 0 spiro atoms. The van der Waals surface area contributed by atoms with E-state index >= 15 is 0 Å². The van der Waals surface area contributed by atoms with Gasteiger partial charge in [0, 0.05) is 18.5 Å². The fourth-order valence-electron chi connectivity index (χ4n) is 2.35. The van der Waals surface area contributed by atoms with E-state index in [1.54, 1.807) is 12.3 Å². The van der Waals surface area contributed by atoms with Gasteiger partial charge in [0.15, 0.2) is 0 Å². The van der Waals surface area contributed by atoms with Gasteiger partial charge in [0.2, 0.25) is 11.8 Å². The maximum atomic E-state index is 13.3. The van der Waals surface area contributed by atoms with Gasteiger partial charge in [-0.05, 0) is 36.4 Å². The number of pyridine rings is 1. The SMILES string of the molecule is CC(=O)Nc1ccc(-n2ccc3cc(F)ccc32)nc1OC(F)(F)F. The number of aromatic nitrogens is 2. The minimum atomic E-state index is -4.97. The van der Waals surface area contributed by atoms with Crippen molar-refractivity contribution < 1.29 is 27.1 Å². The van der Waals surface area contributed by atoms with Crippen molar-refractivity contribution >= 4 is 22.5 Å². The van der Waals surface area contributed by atoms with Crippen molar-refractivity contribution in [3.05, 3.63) is 48.4 Å². The lowest BCUT2D eigenvalue weighted by Gasteiger charge is -2.14. The maximum Gasteiger partial charge on any atom is 0.574 e. The van der Waals surface area contributed by atoms with Crippen molar-refractivity contribution in [1.82, 2.24) is 9.55 Å². The largest absolute Gasteiger partial charge is 0.574 e. The summed E-state index contributed by atoms with van der Waals surface area (Å²) in [6.07, 6.45) is -3.43. The average Bonchev–Trinajstić information content (AvgIpc) is 2.90. The highest BCUT2D eigenvalue weighted by molar-refractivity contribution is 5.90. The number of rotatable bonds is 3. The fraction of sp³-hybridized carbons (Fsp3) is 0.125. The zero-order valence-corrected chi connectivity index (χ0v) is 12.8. The second-order valence-electron chi connectivity index (χ2n) is 5.14. The number of nitrogens with zero attached hydrogens (tertiary/aromatic N) is 2. The van der Waals surface area contributed by atoms with E-state index in [0.29, 0.717) is 10.9 Å². The second kappa shape index (κ2) is 6.08. The third-order valence-corrected chi connectivity index (χ3v) is 3.27. The number of nitrogens with one attached hydrogen (secondary N) is 1. The van der Waals surface area contributed by atoms with Crippen LogP contribution in [0.2, 0.25) is 0 Å². The molecule has 2 aromatic heterocycles. The first kappa shape index (κ1) is 16.7. The van der Waals surface area contributed by atoms with Gasteiger partial charge in [0.1, 0.15) is 17.3 Å². The van der Waals surface area contributed by atoms with Crippen LogP contribution in [-0.4, -0.2) is 21.8 Å². The number of alkyl halides is 3. The van der Waals surface area contributed by atoms with E-state index < -0.39 is 24.0 Å². The van der Waals surface area contributed by atoms with Crippen molar-refractivity contribution in [2.45, 2.75) is 13.3 Å². The van der Waals surface area contributed by atoms with Crippen LogP contribution in [0.4, 0.5) is 23.2 Å². The van der Waals surface area contributed by atoms with Gasteiger partial charge in [0.05, 0.1) is 5.52 Å². The van der Waals surface area contributed by atoms with Gasteiger partial charge in [-0.25, -0.2) is 4.39 Å². The molecule has 1 N–H and O–H groups in total. The molecule has 9 heteroatoms. The van der Waals surface area contributed by atoms with Crippen LogP contribution in [0.1, 0.15) is 6.92 Å². The Bertz CT molecular complexity index is 950. The third kappa shape index (κ3) is 3.70. The topological polar surface area (TPSA) is 56.2 Å². The summed E-state index contributed by atoms with van der Waals surface area (Å²) in [5, 5.41) is 2.79.